The number of hydrogen-bond donors (Lipinski definition) is 1. The average Bonchev–Trinajstić information content (AvgIpc) is 3.13. The fourth-order valence-electron chi connectivity index (χ4n) is 2.03. The minimum Gasteiger partial charge on any atom is -0.452 e. The van der Waals surface area contributed by atoms with E-state index in [2.05, 4.69) is 5.32 Å². The van der Waals surface area contributed by atoms with Crippen LogP contribution in [0.4, 0.5) is 5.69 Å². The van der Waals surface area contributed by atoms with E-state index in [0.717, 1.165) is 11.0 Å². The first-order chi connectivity index (χ1) is 12.0. The van der Waals surface area contributed by atoms with Gasteiger partial charge in [0.25, 0.3) is 11.6 Å². The van der Waals surface area contributed by atoms with Crippen LogP contribution >= 0.6 is 11.3 Å². The van der Waals surface area contributed by atoms with Gasteiger partial charge in [-0.25, -0.2) is 4.79 Å². The van der Waals surface area contributed by atoms with Crippen LogP contribution in [0.2, 0.25) is 0 Å². The van der Waals surface area contributed by atoms with Gasteiger partial charge in [-0.05, 0) is 30.5 Å². The van der Waals surface area contributed by atoms with Crippen molar-refractivity contribution in [1.29, 1.82) is 0 Å². The molecule has 1 heterocycles. The van der Waals surface area contributed by atoms with Crippen LogP contribution < -0.4 is 5.32 Å². The molecular weight excluding hydrogens is 344 g/mol. The van der Waals surface area contributed by atoms with Gasteiger partial charge in [0, 0.05) is 17.0 Å². The summed E-state index contributed by atoms with van der Waals surface area (Å²) in [6.45, 7) is 1.41. The molecule has 7 nitrogen and oxygen atoms in total. The van der Waals surface area contributed by atoms with E-state index < -0.39 is 23.4 Å². The molecule has 0 unspecified atom stereocenters. The second-order valence-electron chi connectivity index (χ2n) is 5.06. The van der Waals surface area contributed by atoms with E-state index in [1.807, 2.05) is 24.4 Å². The molecule has 25 heavy (non-hydrogen) atoms. The van der Waals surface area contributed by atoms with E-state index in [0.29, 0.717) is 0 Å². The number of ether oxygens (including phenoxy) is 1. The highest BCUT2D eigenvalue weighted by atomic mass is 32.1. The zero-order valence-corrected chi connectivity index (χ0v) is 14.2. The summed E-state index contributed by atoms with van der Waals surface area (Å²) in [4.78, 5) is 34.8. The van der Waals surface area contributed by atoms with Gasteiger partial charge in [0.1, 0.15) is 0 Å². The van der Waals surface area contributed by atoms with Crippen LogP contribution in [-0.2, 0) is 14.3 Å². The van der Waals surface area contributed by atoms with Crippen LogP contribution in [0.25, 0.3) is 6.08 Å². The number of carbonyl (C=O) groups excluding carboxylic acids is 2. The number of nitrogens with zero attached hydrogens (tertiary/aromatic N) is 1. The summed E-state index contributed by atoms with van der Waals surface area (Å²) in [6, 6.07) is 9.62. The molecule has 1 amide bonds. The number of nitrogens with one attached hydrogen (secondary N) is 1. The molecule has 0 spiro atoms. The molecular formula is C17H16N2O5S. The minimum atomic E-state index is -0.753. The monoisotopic (exact) mass is 360 g/mol. The molecule has 8 heteroatoms. The van der Waals surface area contributed by atoms with Crippen molar-refractivity contribution in [3.63, 3.8) is 0 Å². The summed E-state index contributed by atoms with van der Waals surface area (Å²) >= 11 is 1.52. The predicted molar refractivity (Wildman–Crippen MR) is 94.0 cm³/mol. The summed E-state index contributed by atoms with van der Waals surface area (Å²) < 4.78 is 4.84. The number of amides is 1. The molecule has 0 aliphatic carbocycles. The Morgan fingerprint density at radius 1 is 1.32 bits per heavy atom. The topological polar surface area (TPSA) is 98.5 Å². The Hall–Kier alpha value is -3.00. The highest BCUT2D eigenvalue weighted by Crippen LogP contribution is 2.19. The summed E-state index contributed by atoms with van der Waals surface area (Å²) in [5.74, 6) is -1.18. The fraction of sp³-hybridized carbons (Fsp3) is 0.176. The Labute approximate surface area is 148 Å². The second kappa shape index (κ2) is 8.74. The van der Waals surface area contributed by atoms with Crippen molar-refractivity contribution in [3.8, 4) is 0 Å². The van der Waals surface area contributed by atoms with E-state index in [9.17, 15) is 19.7 Å². The van der Waals surface area contributed by atoms with Crippen LogP contribution in [0.5, 0.6) is 0 Å². The van der Waals surface area contributed by atoms with Crippen molar-refractivity contribution < 1.29 is 19.2 Å². The maximum Gasteiger partial charge on any atom is 0.331 e. The number of esters is 1. The number of nitro groups is 1. The third kappa shape index (κ3) is 5.54. The first kappa shape index (κ1) is 18.3. The van der Waals surface area contributed by atoms with Gasteiger partial charge in [0.15, 0.2) is 6.61 Å². The fourth-order valence-corrected chi connectivity index (χ4v) is 2.76. The molecule has 0 aliphatic heterocycles. The Kier molecular flexibility index (Phi) is 6.41. The highest BCUT2D eigenvalue weighted by molar-refractivity contribution is 7.10. The average molecular weight is 360 g/mol. The molecule has 0 aliphatic rings. The van der Waals surface area contributed by atoms with Crippen LogP contribution in [0.3, 0.4) is 0 Å². The number of nitro benzene ring substituents is 1. The number of benzene rings is 1. The molecule has 0 bridgehead atoms. The van der Waals surface area contributed by atoms with Gasteiger partial charge in [-0.1, -0.05) is 18.2 Å². The van der Waals surface area contributed by atoms with Gasteiger partial charge in [-0.3, -0.25) is 14.9 Å². The predicted octanol–water partition coefficient (Wildman–Crippen LogP) is 3.09. The van der Waals surface area contributed by atoms with Crippen molar-refractivity contribution >= 4 is 35.0 Å². The molecule has 1 atom stereocenters. The van der Waals surface area contributed by atoms with E-state index in [-0.39, 0.29) is 17.3 Å². The molecule has 0 saturated carbocycles. The van der Waals surface area contributed by atoms with Gasteiger partial charge >= 0.3 is 5.97 Å². The smallest absolute Gasteiger partial charge is 0.331 e. The zero-order valence-electron chi connectivity index (χ0n) is 13.4. The highest BCUT2D eigenvalue weighted by Gasteiger charge is 2.12. The summed E-state index contributed by atoms with van der Waals surface area (Å²) in [6.07, 6.45) is 2.34. The van der Waals surface area contributed by atoms with E-state index in [1.165, 1.54) is 35.6 Å². The third-order valence-electron chi connectivity index (χ3n) is 3.23. The van der Waals surface area contributed by atoms with Gasteiger partial charge in [0.2, 0.25) is 0 Å². The molecule has 1 aromatic carbocycles. The molecule has 0 saturated heterocycles. The molecule has 2 aromatic rings. The Bertz CT molecular complexity index is 786. The summed E-state index contributed by atoms with van der Waals surface area (Å²) in [7, 11) is 0. The van der Waals surface area contributed by atoms with Crippen molar-refractivity contribution in [3.05, 3.63) is 68.4 Å². The number of hydrogen-bond acceptors (Lipinski definition) is 6. The lowest BCUT2D eigenvalue weighted by Gasteiger charge is -2.11. The Morgan fingerprint density at radius 3 is 2.76 bits per heavy atom. The summed E-state index contributed by atoms with van der Waals surface area (Å²) in [5, 5.41) is 15.5. The molecule has 1 aromatic heterocycles. The SMILES string of the molecule is C[C@@H](NC(=O)COC(=O)/C=C/c1ccccc1[N+](=O)[O-])c1cccs1. The van der Waals surface area contributed by atoms with Crippen LogP contribution in [-0.4, -0.2) is 23.4 Å². The van der Waals surface area contributed by atoms with Gasteiger partial charge in [-0.15, -0.1) is 11.3 Å². The van der Waals surface area contributed by atoms with Crippen molar-refractivity contribution in [1.82, 2.24) is 5.32 Å². The third-order valence-corrected chi connectivity index (χ3v) is 4.28. The van der Waals surface area contributed by atoms with Gasteiger partial charge < -0.3 is 10.1 Å². The van der Waals surface area contributed by atoms with E-state index in [1.54, 1.807) is 6.07 Å². The standard InChI is InChI=1S/C17H16N2O5S/c1-12(15-7-4-10-25-15)18-16(20)11-24-17(21)9-8-13-5-2-3-6-14(13)19(22)23/h2-10,12H,11H2,1H3,(H,18,20)/b9-8+/t12-/m1/s1. The molecule has 2 rings (SSSR count). The van der Waals surface area contributed by atoms with E-state index in [4.69, 9.17) is 4.74 Å². The zero-order chi connectivity index (χ0) is 18.2. The second-order valence-corrected chi connectivity index (χ2v) is 6.04. The molecule has 130 valence electrons. The van der Waals surface area contributed by atoms with Crippen molar-refractivity contribution in [2.45, 2.75) is 13.0 Å². The summed E-state index contributed by atoms with van der Waals surface area (Å²) in [5.41, 5.74) is 0.161. The van der Waals surface area contributed by atoms with Crippen LogP contribution in [0, 0.1) is 10.1 Å². The maximum absolute atomic E-state index is 11.8. The Morgan fingerprint density at radius 2 is 2.08 bits per heavy atom. The normalized spacial score (nSPS) is 11.9. The Balaban J connectivity index is 1.84. The maximum atomic E-state index is 11.8. The number of thiophene rings is 1. The largest absolute Gasteiger partial charge is 0.452 e. The van der Waals surface area contributed by atoms with Gasteiger partial charge in [-0.2, -0.15) is 0 Å². The quantitative estimate of drug-likeness (QED) is 0.354. The van der Waals surface area contributed by atoms with Crippen LogP contribution in [0.15, 0.2) is 47.9 Å². The number of carbonyl (C=O) groups is 2. The van der Waals surface area contributed by atoms with Crippen LogP contribution in [0.1, 0.15) is 23.4 Å². The molecule has 1 N–H and O–H groups in total. The van der Waals surface area contributed by atoms with Gasteiger partial charge in [0.05, 0.1) is 16.5 Å². The first-order valence-corrected chi connectivity index (χ1v) is 8.26. The van der Waals surface area contributed by atoms with Crippen molar-refractivity contribution in [2.75, 3.05) is 6.61 Å². The minimum absolute atomic E-state index is 0.117. The number of rotatable bonds is 7. The lowest BCUT2D eigenvalue weighted by molar-refractivity contribution is -0.385. The van der Waals surface area contributed by atoms with Crippen molar-refractivity contribution in [2.24, 2.45) is 0 Å². The van der Waals surface area contributed by atoms with E-state index >= 15 is 0 Å². The molecule has 0 fully saturated rings. The lowest BCUT2D eigenvalue weighted by Crippen LogP contribution is -2.30. The number of para-hydroxylation sites is 1. The molecule has 0 radical (unpaired) electrons. The lowest BCUT2D eigenvalue weighted by atomic mass is 10.1. The first-order valence-electron chi connectivity index (χ1n) is 7.38.